The molecule has 0 unspecified atom stereocenters. The number of halogens is 1. The van der Waals surface area contributed by atoms with Crippen LogP contribution >= 0.6 is 11.6 Å². The second-order valence-electron chi connectivity index (χ2n) is 5.70. The summed E-state index contributed by atoms with van der Waals surface area (Å²) in [7, 11) is 0. The summed E-state index contributed by atoms with van der Waals surface area (Å²) in [4.78, 5) is 36.6. The van der Waals surface area contributed by atoms with Gasteiger partial charge in [-0.3, -0.25) is 14.4 Å². The predicted molar refractivity (Wildman–Crippen MR) is 103 cm³/mol. The molecule has 0 heterocycles. The number of carbonyl (C=O) groups is 3. The van der Waals surface area contributed by atoms with E-state index in [0.717, 1.165) is 0 Å². The van der Waals surface area contributed by atoms with E-state index in [0.29, 0.717) is 22.1 Å². The molecule has 7 heteroatoms. The molecule has 136 valence electrons. The molecule has 0 aromatic heterocycles. The number of nitrogens with one attached hydrogen (secondary N) is 2. The maximum atomic E-state index is 12.1. The van der Waals surface area contributed by atoms with Gasteiger partial charge in [-0.25, -0.2) is 0 Å². The van der Waals surface area contributed by atoms with Gasteiger partial charge in [-0.05, 0) is 48.5 Å². The fraction of sp³-hybridized carbons (Fsp3) is 0.211. The number of rotatable bonds is 6. The molecule has 0 saturated carbocycles. The monoisotopic (exact) mass is 373 g/mol. The van der Waals surface area contributed by atoms with E-state index in [2.05, 4.69) is 10.6 Å². The third-order valence-electron chi connectivity index (χ3n) is 3.57. The van der Waals surface area contributed by atoms with Crippen LogP contribution in [0.2, 0.25) is 5.02 Å². The van der Waals surface area contributed by atoms with E-state index in [4.69, 9.17) is 11.6 Å². The van der Waals surface area contributed by atoms with Crippen molar-refractivity contribution in [2.75, 3.05) is 22.1 Å². The molecule has 2 aromatic carbocycles. The Balaban J connectivity index is 1.97. The molecule has 3 amide bonds. The van der Waals surface area contributed by atoms with Gasteiger partial charge in [0.2, 0.25) is 17.7 Å². The molecule has 0 fully saturated rings. The first-order valence-corrected chi connectivity index (χ1v) is 8.44. The van der Waals surface area contributed by atoms with Gasteiger partial charge in [0.1, 0.15) is 0 Å². The molecule has 0 atom stereocenters. The van der Waals surface area contributed by atoms with Crippen molar-refractivity contribution in [1.29, 1.82) is 0 Å². The highest BCUT2D eigenvalue weighted by Gasteiger charge is 2.14. The molecule has 26 heavy (non-hydrogen) atoms. The summed E-state index contributed by atoms with van der Waals surface area (Å²) >= 11 is 5.81. The molecule has 2 aromatic rings. The fourth-order valence-electron chi connectivity index (χ4n) is 2.37. The standard InChI is InChI=1S/C19H20ClN3O3/c1-13(24)21-16-7-9-18(10-8-16)23(14(2)25)12-11-19(26)22-17-5-3-15(20)4-6-17/h3-10H,11-12H2,1-2H3,(H,21,24)(H,22,26). The molecule has 0 radical (unpaired) electrons. The Labute approximate surface area is 157 Å². The van der Waals surface area contributed by atoms with Crippen LogP contribution < -0.4 is 15.5 Å². The third-order valence-corrected chi connectivity index (χ3v) is 3.82. The summed E-state index contributed by atoms with van der Waals surface area (Å²) in [5.41, 5.74) is 1.95. The highest BCUT2D eigenvalue weighted by atomic mass is 35.5. The van der Waals surface area contributed by atoms with Crippen LogP contribution in [-0.4, -0.2) is 24.3 Å². The Kier molecular flexibility index (Phi) is 6.74. The quantitative estimate of drug-likeness (QED) is 0.810. The lowest BCUT2D eigenvalue weighted by Gasteiger charge is -2.21. The van der Waals surface area contributed by atoms with Crippen LogP contribution in [0.25, 0.3) is 0 Å². The van der Waals surface area contributed by atoms with Gasteiger partial charge in [-0.2, -0.15) is 0 Å². The molecule has 0 bridgehead atoms. The van der Waals surface area contributed by atoms with E-state index in [1.807, 2.05) is 0 Å². The van der Waals surface area contributed by atoms with Crippen molar-refractivity contribution in [2.45, 2.75) is 20.3 Å². The van der Waals surface area contributed by atoms with Gasteiger partial charge < -0.3 is 15.5 Å². The average Bonchev–Trinajstić information content (AvgIpc) is 2.58. The van der Waals surface area contributed by atoms with Crippen molar-refractivity contribution in [3.63, 3.8) is 0 Å². The van der Waals surface area contributed by atoms with Gasteiger partial charge in [-0.1, -0.05) is 11.6 Å². The lowest BCUT2D eigenvalue weighted by atomic mass is 10.2. The SMILES string of the molecule is CC(=O)Nc1ccc(N(CCC(=O)Nc2ccc(Cl)cc2)C(C)=O)cc1. The smallest absolute Gasteiger partial charge is 0.226 e. The first-order valence-electron chi connectivity index (χ1n) is 8.06. The van der Waals surface area contributed by atoms with Gasteiger partial charge in [0.05, 0.1) is 0 Å². The summed E-state index contributed by atoms with van der Waals surface area (Å²) in [6.07, 6.45) is 0.148. The van der Waals surface area contributed by atoms with Gasteiger partial charge in [-0.15, -0.1) is 0 Å². The Morgan fingerprint density at radius 2 is 1.42 bits per heavy atom. The number of anilines is 3. The number of nitrogens with zero attached hydrogens (tertiary/aromatic N) is 1. The van der Waals surface area contributed by atoms with Crippen molar-refractivity contribution in [3.05, 3.63) is 53.6 Å². The topological polar surface area (TPSA) is 78.5 Å². The van der Waals surface area contributed by atoms with Crippen LogP contribution in [0.4, 0.5) is 17.1 Å². The van der Waals surface area contributed by atoms with Crippen LogP contribution in [0.1, 0.15) is 20.3 Å². The summed E-state index contributed by atoms with van der Waals surface area (Å²) in [5.74, 6) is -0.537. The highest BCUT2D eigenvalue weighted by Crippen LogP contribution is 2.19. The van der Waals surface area contributed by atoms with Crippen LogP contribution in [0, 0.1) is 0 Å². The Morgan fingerprint density at radius 3 is 1.96 bits per heavy atom. The minimum atomic E-state index is -0.201. The second-order valence-corrected chi connectivity index (χ2v) is 6.14. The molecule has 0 aliphatic carbocycles. The minimum absolute atomic E-state index is 0.148. The maximum absolute atomic E-state index is 12.1. The molecule has 6 nitrogen and oxygen atoms in total. The Morgan fingerprint density at radius 1 is 0.885 bits per heavy atom. The molecule has 2 N–H and O–H groups in total. The average molecular weight is 374 g/mol. The first-order chi connectivity index (χ1) is 12.3. The van der Waals surface area contributed by atoms with Crippen LogP contribution in [0.15, 0.2) is 48.5 Å². The lowest BCUT2D eigenvalue weighted by Crippen LogP contribution is -2.31. The first kappa shape index (κ1) is 19.5. The zero-order valence-corrected chi connectivity index (χ0v) is 15.3. The van der Waals surface area contributed by atoms with Crippen molar-refractivity contribution < 1.29 is 14.4 Å². The molecule has 0 aliphatic heterocycles. The summed E-state index contributed by atoms with van der Waals surface area (Å²) < 4.78 is 0. The van der Waals surface area contributed by atoms with E-state index in [1.54, 1.807) is 48.5 Å². The Hall–Kier alpha value is -2.86. The number of benzene rings is 2. The number of hydrogen-bond donors (Lipinski definition) is 2. The number of hydrogen-bond acceptors (Lipinski definition) is 3. The minimum Gasteiger partial charge on any atom is -0.326 e. The van der Waals surface area contributed by atoms with E-state index in [-0.39, 0.29) is 30.7 Å². The van der Waals surface area contributed by atoms with Crippen molar-refractivity contribution >= 4 is 46.4 Å². The molecule has 0 spiro atoms. The zero-order chi connectivity index (χ0) is 19.1. The third kappa shape index (κ3) is 5.89. The summed E-state index contributed by atoms with van der Waals surface area (Å²) in [6.45, 7) is 3.11. The van der Waals surface area contributed by atoms with Crippen molar-refractivity contribution in [2.24, 2.45) is 0 Å². The normalized spacial score (nSPS) is 10.1. The van der Waals surface area contributed by atoms with Gasteiger partial charge in [0, 0.05) is 48.9 Å². The summed E-state index contributed by atoms with van der Waals surface area (Å²) in [6, 6.07) is 13.7. The van der Waals surface area contributed by atoms with Crippen LogP contribution in [0.3, 0.4) is 0 Å². The molecule has 2 rings (SSSR count). The summed E-state index contributed by atoms with van der Waals surface area (Å²) in [5, 5.41) is 6.02. The van der Waals surface area contributed by atoms with Crippen molar-refractivity contribution in [3.8, 4) is 0 Å². The molecular formula is C19H20ClN3O3. The largest absolute Gasteiger partial charge is 0.326 e. The van der Waals surface area contributed by atoms with Crippen molar-refractivity contribution in [1.82, 2.24) is 0 Å². The van der Waals surface area contributed by atoms with Crippen LogP contribution in [0.5, 0.6) is 0 Å². The van der Waals surface area contributed by atoms with E-state index < -0.39 is 0 Å². The van der Waals surface area contributed by atoms with Crippen LogP contribution in [-0.2, 0) is 14.4 Å². The molecule has 0 saturated heterocycles. The van der Waals surface area contributed by atoms with Gasteiger partial charge in [0.25, 0.3) is 0 Å². The van der Waals surface area contributed by atoms with E-state index >= 15 is 0 Å². The second kappa shape index (κ2) is 9.01. The lowest BCUT2D eigenvalue weighted by molar-refractivity contribution is -0.117. The Bertz CT molecular complexity index is 789. The molecular weight excluding hydrogens is 354 g/mol. The van der Waals surface area contributed by atoms with E-state index in [9.17, 15) is 14.4 Å². The van der Waals surface area contributed by atoms with Gasteiger partial charge in [0.15, 0.2) is 0 Å². The number of amides is 3. The fourth-order valence-corrected chi connectivity index (χ4v) is 2.49. The maximum Gasteiger partial charge on any atom is 0.226 e. The molecule has 0 aliphatic rings. The highest BCUT2D eigenvalue weighted by molar-refractivity contribution is 6.30. The van der Waals surface area contributed by atoms with E-state index in [1.165, 1.54) is 18.7 Å². The number of carbonyl (C=O) groups excluding carboxylic acids is 3. The zero-order valence-electron chi connectivity index (χ0n) is 14.6. The predicted octanol–water partition coefficient (Wildman–Crippen LogP) is 3.68. The van der Waals surface area contributed by atoms with Gasteiger partial charge >= 0.3 is 0 Å².